The number of fused-ring (bicyclic) bond motifs is 3. The molecule has 0 radical (unpaired) electrons. The van der Waals surface area contributed by atoms with Gasteiger partial charge in [-0.25, -0.2) is 4.79 Å². The number of amides is 2. The Morgan fingerprint density at radius 1 is 1.03 bits per heavy atom. The fourth-order valence-electron chi connectivity index (χ4n) is 4.83. The molecule has 0 unspecified atom stereocenters. The van der Waals surface area contributed by atoms with E-state index in [1.54, 1.807) is 6.92 Å². The Balaban J connectivity index is 1.42. The first-order chi connectivity index (χ1) is 17.0. The van der Waals surface area contributed by atoms with Gasteiger partial charge in [-0.3, -0.25) is 4.79 Å². The summed E-state index contributed by atoms with van der Waals surface area (Å²) < 4.78 is 5.01. The second-order valence-corrected chi connectivity index (χ2v) is 8.93. The Bertz CT molecular complexity index is 1360. The molecule has 0 fully saturated rings. The number of H-pyrrole nitrogens is 1. The number of hydrogen-bond donors (Lipinski definition) is 2. The lowest BCUT2D eigenvalue weighted by Gasteiger charge is -2.36. The van der Waals surface area contributed by atoms with Crippen LogP contribution in [-0.4, -0.2) is 35.0 Å². The number of ether oxygens (including phenoxy) is 1. The first-order valence-electron chi connectivity index (χ1n) is 12.0. The summed E-state index contributed by atoms with van der Waals surface area (Å²) >= 11 is 0. The highest BCUT2D eigenvalue weighted by Crippen LogP contribution is 2.38. The van der Waals surface area contributed by atoms with Crippen LogP contribution in [0.15, 0.2) is 72.8 Å². The highest BCUT2D eigenvalue weighted by Gasteiger charge is 2.34. The second kappa shape index (κ2) is 9.66. The van der Waals surface area contributed by atoms with Crippen LogP contribution in [0.5, 0.6) is 0 Å². The van der Waals surface area contributed by atoms with Crippen molar-refractivity contribution in [3.8, 4) is 0 Å². The summed E-state index contributed by atoms with van der Waals surface area (Å²) in [5, 5.41) is 4.27. The van der Waals surface area contributed by atoms with Gasteiger partial charge < -0.3 is 19.9 Å². The molecule has 1 aliphatic rings. The maximum atomic E-state index is 13.5. The van der Waals surface area contributed by atoms with Crippen LogP contribution in [0.4, 0.5) is 10.5 Å². The zero-order valence-electron chi connectivity index (χ0n) is 20.0. The number of urea groups is 1. The molecule has 2 amide bonds. The zero-order chi connectivity index (χ0) is 24.4. The number of aryl methyl sites for hydroxylation is 1. The largest absolute Gasteiger partial charge is 0.466 e. The second-order valence-electron chi connectivity index (χ2n) is 8.93. The minimum Gasteiger partial charge on any atom is -0.466 e. The van der Waals surface area contributed by atoms with Gasteiger partial charge in [-0.05, 0) is 55.2 Å². The Morgan fingerprint density at radius 3 is 2.51 bits per heavy atom. The summed E-state index contributed by atoms with van der Waals surface area (Å²) in [4.78, 5) is 30.8. The number of esters is 1. The van der Waals surface area contributed by atoms with E-state index in [-0.39, 0.29) is 24.5 Å². The van der Waals surface area contributed by atoms with Gasteiger partial charge in [0.1, 0.15) is 0 Å². The molecule has 5 rings (SSSR count). The maximum absolute atomic E-state index is 13.5. The molecule has 0 spiro atoms. The molecule has 2 N–H and O–H groups in total. The topological polar surface area (TPSA) is 74.4 Å². The van der Waals surface area contributed by atoms with Crippen LogP contribution in [0.2, 0.25) is 0 Å². The summed E-state index contributed by atoms with van der Waals surface area (Å²) in [6.07, 6.45) is 1.00. The molecule has 0 aliphatic carbocycles. The molecular formula is C29H29N3O3. The van der Waals surface area contributed by atoms with E-state index < -0.39 is 0 Å². The molecule has 1 aromatic heterocycles. The predicted molar refractivity (Wildman–Crippen MR) is 138 cm³/mol. The number of hydrogen-bond acceptors (Lipinski definition) is 3. The van der Waals surface area contributed by atoms with Crippen molar-refractivity contribution >= 4 is 28.6 Å². The van der Waals surface area contributed by atoms with Crippen LogP contribution in [0.1, 0.15) is 40.9 Å². The SMILES string of the molecule is CCOC(=O)Cc1ccc(NC(=O)N2CCc3c([nH]c4ccccc34)[C@H]2c2ccc(C)cc2)cc1. The van der Waals surface area contributed by atoms with E-state index in [0.717, 1.165) is 28.8 Å². The van der Waals surface area contributed by atoms with E-state index in [9.17, 15) is 9.59 Å². The van der Waals surface area contributed by atoms with Crippen LogP contribution in [0.25, 0.3) is 10.9 Å². The summed E-state index contributed by atoms with van der Waals surface area (Å²) in [7, 11) is 0. The molecule has 1 aliphatic heterocycles. The molecule has 2 heterocycles. The van der Waals surface area contributed by atoms with Gasteiger partial charge in [0.25, 0.3) is 0 Å². The van der Waals surface area contributed by atoms with Gasteiger partial charge in [0.2, 0.25) is 0 Å². The summed E-state index contributed by atoms with van der Waals surface area (Å²) in [5.74, 6) is -0.257. The number of aromatic amines is 1. The summed E-state index contributed by atoms with van der Waals surface area (Å²) in [6, 6.07) is 23.7. The van der Waals surface area contributed by atoms with Gasteiger partial charge in [-0.2, -0.15) is 0 Å². The lowest BCUT2D eigenvalue weighted by Crippen LogP contribution is -2.43. The van der Waals surface area contributed by atoms with Crippen molar-refractivity contribution in [1.82, 2.24) is 9.88 Å². The molecule has 3 aromatic carbocycles. The fraction of sp³-hybridized carbons (Fsp3) is 0.241. The van der Waals surface area contributed by atoms with Crippen molar-refractivity contribution in [2.45, 2.75) is 32.7 Å². The van der Waals surface area contributed by atoms with Crippen LogP contribution in [0.3, 0.4) is 0 Å². The molecule has 6 nitrogen and oxygen atoms in total. The Kier molecular flexibility index (Phi) is 6.27. The van der Waals surface area contributed by atoms with Gasteiger partial charge in [-0.15, -0.1) is 0 Å². The number of aromatic nitrogens is 1. The lowest BCUT2D eigenvalue weighted by molar-refractivity contribution is -0.142. The van der Waals surface area contributed by atoms with Gasteiger partial charge in [-0.1, -0.05) is 60.2 Å². The van der Waals surface area contributed by atoms with E-state index in [0.29, 0.717) is 18.8 Å². The normalized spacial score (nSPS) is 15.0. The number of carbonyl (C=O) groups excluding carboxylic acids is 2. The molecule has 35 heavy (non-hydrogen) atoms. The highest BCUT2D eigenvalue weighted by molar-refractivity contribution is 5.91. The predicted octanol–water partition coefficient (Wildman–Crippen LogP) is 5.76. The van der Waals surface area contributed by atoms with E-state index in [1.165, 1.54) is 16.5 Å². The van der Waals surface area contributed by atoms with Crippen molar-refractivity contribution in [1.29, 1.82) is 0 Å². The molecule has 0 saturated heterocycles. The van der Waals surface area contributed by atoms with E-state index in [4.69, 9.17) is 4.74 Å². The average molecular weight is 468 g/mol. The van der Waals surface area contributed by atoms with Crippen molar-refractivity contribution in [3.05, 3.63) is 101 Å². The molecule has 1 atom stereocenters. The van der Waals surface area contributed by atoms with Crippen molar-refractivity contribution in [2.24, 2.45) is 0 Å². The number of anilines is 1. The van der Waals surface area contributed by atoms with Crippen molar-refractivity contribution in [3.63, 3.8) is 0 Å². The molecule has 0 saturated carbocycles. The molecule has 178 valence electrons. The Labute approximate surface area is 204 Å². The summed E-state index contributed by atoms with van der Waals surface area (Å²) in [5.41, 5.74) is 7.23. The van der Waals surface area contributed by atoms with Crippen LogP contribution < -0.4 is 5.32 Å². The van der Waals surface area contributed by atoms with E-state index >= 15 is 0 Å². The lowest BCUT2D eigenvalue weighted by atomic mass is 9.92. The number of carbonyl (C=O) groups is 2. The monoisotopic (exact) mass is 467 g/mol. The quantitative estimate of drug-likeness (QED) is 0.367. The molecule has 0 bridgehead atoms. The number of nitrogens with one attached hydrogen (secondary N) is 2. The highest BCUT2D eigenvalue weighted by atomic mass is 16.5. The van der Waals surface area contributed by atoms with Gasteiger partial charge >= 0.3 is 12.0 Å². The standard InChI is InChI=1S/C29H29N3O3/c1-3-35-26(33)18-20-10-14-22(15-11-20)30-29(34)32-17-16-24-23-6-4-5-7-25(23)31-27(24)28(32)21-12-8-19(2)9-13-21/h4-15,28,31H,3,16-18H2,1-2H3,(H,30,34)/t28-/m1/s1. The number of nitrogens with zero attached hydrogens (tertiary/aromatic N) is 1. The van der Waals surface area contributed by atoms with Crippen molar-refractivity contribution in [2.75, 3.05) is 18.5 Å². The molecular weight excluding hydrogens is 438 g/mol. The van der Waals surface area contributed by atoms with Gasteiger partial charge in [0.05, 0.1) is 19.1 Å². The van der Waals surface area contributed by atoms with Crippen LogP contribution in [-0.2, 0) is 22.4 Å². The Morgan fingerprint density at radius 2 is 1.77 bits per heavy atom. The first kappa shape index (κ1) is 22.7. The zero-order valence-corrected chi connectivity index (χ0v) is 20.0. The minimum absolute atomic E-state index is 0.155. The third-order valence-electron chi connectivity index (χ3n) is 6.55. The van der Waals surface area contributed by atoms with E-state index in [2.05, 4.69) is 59.7 Å². The summed E-state index contributed by atoms with van der Waals surface area (Å²) in [6.45, 7) is 4.83. The van der Waals surface area contributed by atoms with E-state index in [1.807, 2.05) is 35.2 Å². The fourth-order valence-corrected chi connectivity index (χ4v) is 4.83. The molecule has 6 heteroatoms. The molecule has 4 aromatic rings. The van der Waals surface area contributed by atoms with Gasteiger partial charge in [0.15, 0.2) is 0 Å². The maximum Gasteiger partial charge on any atom is 0.322 e. The minimum atomic E-state index is -0.257. The van der Waals surface area contributed by atoms with Gasteiger partial charge in [0, 0.05) is 28.8 Å². The number of rotatable bonds is 5. The Hall–Kier alpha value is -4.06. The third kappa shape index (κ3) is 4.64. The van der Waals surface area contributed by atoms with Crippen LogP contribution >= 0.6 is 0 Å². The average Bonchev–Trinajstić information content (AvgIpc) is 3.24. The van der Waals surface area contributed by atoms with Crippen molar-refractivity contribution < 1.29 is 14.3 Å². The number of para-hydroxylation sites is 1. The first-order valence-corrected chi connectivity index (χ1v) is 12.0. The smallest absolute Gasteiger partial charge is 0.322 e. The number of benzene rings is 3. The third-order valence-corrected chi connectivity index (χ3v) is 6.55. The van der Waals surface area contributed by atoms with Crippen LogP contribution in [0, 0.1) is 6.92 Å².